The first-order chi connectivity index (χ1) is 0. The van der Waals surface area contributed by atoms with E-state index in [1.165, 1.54) is 0 Å². The zero-order valence-corrected chi connectivity index (χ0v) is 4.71. The summed E-state index contributed by atoms with van der Waals surface area (Å²) in [5, 5.41) is 0. The molecule has 5 heavy (non-hydrogen) atoms. The van der Waals surface area contributed by atoms with E-state index >= 15 is 0 Å². The van der Waals surface area contributed by atoms with E-state index in [9.17, 15) is 0 Å². The van der Waals surface area contributed by atoms with Gasteiger partial charge in [-0.3, -0.25) is 0 Å². The molecule has 0 amide bonds. The molecule has 0 aromatic carbocycles. The molecule has 0 aromatic rings. The molecule has 0 unspecified atom stereocenters. The van der Waals surface area contributed by atoms with Crippen molar-refractivity contribution >= 4 is 0 Å². The molecule has 0 aliphatic rings. The van der Waals surface area contributed by atoms with Crippen molar-refractivity contribution in [2.75, 3.05) is 0 Å². The second-order valence-electron chi connectivity index (χ2n) is 0. The fourth-order valence-electron chi connectivity index (χ4n) is 0. The zero-order chi connectivity index (χ0) is 0. The summed E-state index contributed by atoms with van der Waals surface area (Å²) >= 11 is 0. The van der Waals surface area contributed by atoms with E-state index in [1.807, 2.05) is 0 Å². The largest absolute Gasteiger partial charge is 4.00 e. The van der Waals surface area contributed by atoms with Crippen molar-refractivity contribution in [1.29, 1.82) is 0 Å². The molecule has 0 fully saturated rings. The van der Waals surface area contributed by atoms with Gasteiger partial charge >= 0.3 is 19.8 Å². The number of rotatable bonds is 0. The number of hydrogen-bond acceptors (Lipinski definition) is 0. The second kappa shape index (κ2) is 238. The van der Waals surface area contributed by atoms with Gasteiger partial charge in [0, 0.05) is 0 Å². The summed E-state index contributed by atoms with van der Waals surface area (Å²) < 4.78 is 0. The Balaban J connectivity index is 0. The van der Waals surface area contributed by atoms with E-state index in [0.717, 1.165) is 0 Å². The van der Waals surface area contributed by atoms with Crippen LogP contribution in [-0.2, 0) is 30.7 Å². The van der Waals surface area contributed by atoms with Crippen LogP contribution >= 0.6 is 0 Å². The summed E-state index contributed by atoms with van der Waals surface area (Å²) in [5.41, 5.74) is 0. The third-order valence-corrected chi connectivity index (χ3v) is 0. The molecule has 0 spiro atoms. The smallest absolute Gasteiger partial charge is 2.00 e. The molecule has 0 rings (SSSR count). The van der Waals surface area contributed by atoms with Crippen molar-refractivity contribution in [3.63, 3.8) is 0 Å². The Morgan fingerprint density at radius 1 is 0.600 bits per heavy atom. The first-order valence-electron chi connectivity index (χ1n) is 0. The fraction of sp³-hybridized carbons (Fsp3) is 0. The molecule has 0 saturated heterocycles. The molecule has 36 valence electrons. The minimum atomic E-state index is 0. The average molecular weight is 258 g/mol. The Bertz CT molecular complexity index is 3.61. The third kappa shape index (κ3) is 121. The summed E-state index contributed by atoms with van der Waals surface area (Å²) in [4.78, 5) is 0. The van der Waals surface area contributed by atoms with Crippen molar-refractivity contribution in [3.05, 3.63) is 0 Å². The Morgan fingerprint density at radius 3 is 0.600 bits per heavy atom. The van der Waals surface area contributed by atoms with Gasteiger partial charge in [0.1, 0.15) is 0 Å². The van der Waals surface area contributed by atoms with Crippen LogP contribution < -0.4 is 0 Å². The third-order valence-electron chi connectivity index (χ3n) is 0. The van der Waals surface area contributed by atoms with Crippen molar-refractivity contribution in [2.24, 2.45) is 0 Å². The van der Waals surface area contributed by atoms with Gasteiger partial charge in [-0.05, 0) is 0 Å². The van der Waals surface area contributed by atoms with Crippen LogP contribution in [0.5, 0.6) is 0 Å². The van der Waals surface area contributed by atoms with Gasteiger partial charge in [-0.2, -0.15) is 0 Å². The molecular weight excluding hydrogens is 254 g/mol. The summed E-state index contributed by atoms with van der Waals surface area (Å²) in [7, 11) is 0. The molecule has 4 N–H and O–H groups in total. The summed E-state index contributed by atoms with van der Waals surface area (Å²) in [5.74, 6) is 0. The van der Waals surface area contributed by atoms with Crippen LogP contribution in [0.3, 0.4) is 0 Å². The molecule has 4 nitrogen and oxygen atoms in total. The van der Waals surface area contributed by atoms with Gasteiger partial charge in [-0.15, -0.1) is 0 Å². The van der Waals surface area contributed by atoms with Gasteiger partial charge in [0.15, 0.2) is 0 Å². The Hall–Kier alpha value is 0.476. The maximum absolute atomic E-state index is 0. The van der Waals surface area contributed by atoms with E-state index in [1.54, 1.807) is 0 Å². The van der Waals surface area contributed by atoms with E-state index in [4.69, 9.17) is 0 Å². The van der Waals surface area contributed by atoms with Gasteiger partial charge in [0.05, 0.1) is 0 Å². The van der Waals surface area contributed by atoms with Crippen LogP contribution in [-0.4, -0.2) is 11.0 Å². The quantitative estimate of drug-likeness (QED) is 0.482. The first-order valence-corrected chi connectivity index (χ1v) is 0. The normalized spacial score (nSPS) is 0. The Kier molecular flexibility index (Phi) is 23100. The van der Waals surface area contributed by atoms with Gasteiger partial charge in [0.2, 0.25) is 0 Å². The predicted molar refractivity (Wildman–Crippen MR) is 8.60 cm³/mol. The van der Waals surface area contributed by atoms with Crippen molar-refractivity contribution < 1.29 is 41.7 Å². The molecule has 5 heteroatoms. The summed E-state index contributed by atoms with van der Waals surface area (Å²) in [6.45, 7) is 0. The maximum Gasteiger partial charge on any atom is 4.00 e. The molecule has 0 aromatic heterocycles. The molecule has 0 heterocycles. The molecular formula is H4O4Os. The van der Waals surface area contributed by atoms with Crippen LogP contribution in [0.2, 0.25) is 0 Å². The minimum absolute atomic E-state index is 0. The zero-order valence-electron chi connectivity index (χ0n) is 2.17. The molecule has 0 aliphatic carbocycles. The first kappa shape index (κ1) is 484. The van der Waals surface area contributed by atoms with Crippen LogP contribution in [0.25, 0.3) is 0 Å². The van der Waals surface area contributed by atoms with E-state index in [0.29, 0.717) is 0 Å². The van der Waals surface area contributed by atoms with E-state index < -0.39 is 0 Å². The summed E-state index contributed by atoms with van der Waals surface area (Å²) in [6.07, 6.45) is 0. The summed E-state index contributed by atoms with van der Waals surface area (Å²) in [6, 6.07) is 0. The van der Waals surface area contributed by atoms with Crippen LogP contribution in [0.15, 0.2) is 0 Å². The van der Waals surface area contributed by atoms with Gasteiger partial charge in [-0.1, -0.05) is 0 Å². The van der Waals surface area contributed by atoms with Crippen molar-refractivity contribution in [2.45, 2.75) is 0 Å². The number of hydrogen-bond donors (Lipinski definition) is 0. The second-order valence-corrected chi connectivity index (χ2v) is 0. The molecule has 0 bridgehead atoms. The average Bonchev–Trinajstić information content (AvgIpc) is 0. The van der Waals surface area contributed by atoms with Crippen molar-refractivity contribution in [1.82, 2.24) is 0 Å². The van der Waals surface area contributed by atoms with Crippen LogP contribution in [0.1, 0.15) is 0 Å². The monoisotopic (exact) mass is 260 g/mol. The van der Waals surface area contributed by atoms with Gasteiger partial charge in [0.25, 0.3) is 0 Å². The topological polar surface area (TPSA) is 120 Å². The van der Waals surface area contributed by atoms with E-state index in [2.05, 4.69) is 0 Å². The molecule has 0 atom stereocenters. The molecule has 0 radical (unpaired) electrons. The van der Waals surface area contributed by atoms with E-state index in [-0.39, 0.29) is 41.7 Å². The fourth-order valence-corrected chi connectivity index (χ4v) is 0. The maximum atomic E-state index is 0. The molecule has 0 saturated carbocycles. The van der Waals surface area contributed by atoms with Crippen LogP contribution in [0, 0.1) is 0 Å². The van der Waals surface area contributed by atoms with Gasteiger partial charge < -0.3 is 21.9 Å². The predicted octanol–water partition coefficient (Wildman–Crippen LogP) is -1.89. The minimum Gasteiger partial charge on any atom is -2.00 e. The Morgan fingerprint density at radius 2 is 0.600 bits per heavy atom. The SMILES string of the molecule is O.O.[O-2].[O-2].[Os+4]. The van der Waals surface area contributed by atoms with Gasteiger partial charge in [-0.25, -0.2) is 0 Å². The molecule has 0 aliphatic heterocycles. The van der Waals surface area contributed by atoms with Crippen LogP contribution in [0.4, 0.5) is 0 Å². The Labute approximate surface area is 42.5 Å². The standard InChI is InChI=1S/2H2O.2O.Os/h2*1H2;;;/q;;2*-2;+4. The van der Waals surface area contributed by atoms with Crippen molar-refractivity contribution in [3.8, 4) is 0 Å².